The second-order valence-corrected chi connectivity index (χ2v) is 6.59. The van der Waals surface area contributed by atoms with Gasteiger partial charge in [0.05, 0.1) is 11.1 Å². The number of dihydropyridines is 1. The highest BCUT2D eigenvalue weighted by Gasteiger charge is 2.25. The number of aliphatic imine (C=N–C) groups is 1. The minimum Gasteiger partial charge on any atom is -0.503 e. The lowest BCUT2D eigenvalue weighted by molar-refractivity contribution is 0.466. The van der Waals surface area contributed by atoms with E-state index in [1.165, 1.54) is 11.3 Å². The second-order valence-electron chi connectivity index (χ2n) is 5.51. The molecule has 0 unspecified atom stereocenters. The third-order valence-corrected chi connectivity index (χ3v) is 4.56. The Morgan fingerprint density at radius 3 is 2.55 bits per heavy atom. The van der Waals surface area contributed by atoms with E-state index in [2.05, 4.69) is 18.8 Å². The molecule has 2 heterocycles. The third kappa shape index (κ3) is 1.94. The molecule has 0 spiro atoms. The standard InChI is InChI=1S/C15H13NO3S/c1-15(2)7-8(5-6-16-15)9-3-4-10(20-9)11-12(17)14(19)13(11)18/h3-6,17H,7H2,1-2H3. The van der Waals surface area contributed by atoms with Crippen molar-refractivity contribution < 1.29 is 5.11 Å². The molecule has 20 heavy (non-hydrogen) atoms. The van der Waals surface area contributed by atoms with Crippen LogP contribution in [0.2, 0.25) is 0 Å². The molecule has 1 aromatic heterocycles. The lowest BCUT2D eigenvalue weighted by Gasteiger charge is -2.23. The number of rotatable bonds is 2. The predicted molar refractivity (Wildman–Crippen MR) is 81.5 cm³/mol. The molecule has 0 atom stereocenters. The van der Waals surface area contributed by atoms with E-state index in [9.17, 15) is 14.7 Å². The summed E-state index contributed by atoms with van der Waals surface area (Å²) in [5, 5.41) is 9.48. The zero-order chi connectivity index (χ0) is 14.5. The van der Waals surface area contributed by atoms with Crippen LogP contribution in [0.1, 0.15) is 25.1 Å². The first kappa shape index (κ1) is 13.0. The van der Waals surface area contributed by atoms with Crippen molar-refractivity contribution in [1.29, 1.82) is 0 Å². The number of nitrogens with zero attached hydrogens (tertiary/aromatic N) is 1. The first-order valence-electron chi connectivity index (χ1n) is 6.26. The van der Waals surface area contributed by atoms with Crippen molar-refractivity contribution in [2.24, 2.45) is 4.99 Å². The summed E-state index contributed by atoms with van der Waals surface area (Å²) >= 11 is 1.41. The van der Waals surface area contributed by atoms with Gasteiger partial charge >= 0.3 is 0 Å². The van der Waals surface area contributed by atoms with E-state index in [0.717, 1.165) is 16.9 Å². The van der Waals surface area contributed by atoms with Crippen molar-refractivity contribution in [1.82, 2.24) is 0 Å². The van der Waals surface area contributed by atoms with Gasteiger partial charge in [0.2, 0.25) is 5.43 Å². The summed E-state index contributed by atoms with van der Waals surface area (Å²) in [7, 11) is 0. The molecule has 1 aliphatic rings. The first-order valence-corrected chi connectivity index (χ1v) is 7.08. The number of allylic oxidation sites excluding steroid dienone is 1. The number of aromatic hydroxyl groups is 1. The highest BCUT2D eigenvalue weighted by molar-refractivity contribution is 7.16. The van der Waals surface area contributed by atoms with Gasteiger partial charge in [0, 0.05) is 16.0 Å². The molecule has 0 saturated heterocycles. The fraction of sp³-hybridized carbons (Fsp3) is 0.267. The Hall–Kier alpha value is -2.01. The summed E-state index contributed by atoms with van der Waals surface area (Å²) in [6.45, 7) is 4.13. The van der Waals surface area contributed by atoms with E-state index in [-0.39, 0.29) is 11.1 Å². The summed E-state index contributed by atoms with van der Waals surface area (Å²) in [6, 6.07) is 3.69. The van der Waals surface area contributed by atoms with Gasteiger partial charge in [-0.25, -0.2) is 0 Å². The molecule has 1 aliphatic heterocycles. The minimum absolute atomic E-state index is 0.127. The fourth-order valence-electron chi connectivity index (χ4n) is 2.32. The van der Waals surface area contributed by atoms with Gasteiger partial charge in [0.1, 0.15) is 0 Å². The minimum atomic E-state index is -0.792. The van der Waals surface area contributed by atoms with Crippen LogP contribution >= 0.6 is 11.3 Å². The van der Waals surface area contributed by atoms with Crippen LogP contribution in [0.4, 0.5) is 0 Å². The Morgan fingerprint density at radius 2 is 1.90 bits per heavy atom. The van der Waals surface area contributed by atoms with Crippen molar-refractivity contribution in [2.75, 3.05) is 0 Å². The van der Waals surface area contributed by atoms with E-state index in [0.29, 0.717) is 4.88 Å². The zero-order valence-electron chi connectivity index (χ0n) is 11.1. The van der Waals surface area contributed by atoms with E-state index in [1.807, 2.05) is 12.1 Å². The monoisotopic (exact) mass is 287 g/mol. The molecule has 1 N–H and O–H groups in total. The molecule has 5 heteroatoms. The first-order chi connectivity index (χ1) is 9.39. The molecule has 0 aliphatic carbocycles. The van der Waals surface area contributed by atoms with Gasteiger partial charge in [-0.05, 0) is 44.1 Å². The summed E-state index contributed by atoms with van der Waals surface area (Å²) in [5.74, 6) is -0.414. The van der Waals surface area contributed by atoms with Crippen LogP contribution in [-0.4, -0.2) is 16.9 Å². The molecule has 4 nitrogen and oxygen atoms in total. The molecule has 1 aromatic carbocycles. The maximum Gasteiger partial charge on any atom is 0.268 e. The Balaban J connectivity index is 1.97. The topological polar surface area (TPSA) is 66.7 Å². The molecular formula is C15H13NO3S. The largest absolute Gasteiger partial charge is 0.503 e. The summed E-state index contributed by atoms with van der Waals surface area (Å²) in [5.41, 5.74) is -0.219. The number of hydrogen-bond donors (Lipinski definition) is 1. The fourth-order valence-corrected chi connectivity index (χ4v) is 3.39. The highest BCUT2D eigenvalue weighted by Crippen LogP contribution is 2.38. The molecule has 0 fully saturated rings. The summed E-state index contributed by atoms with van der Waals surface area (Å²) in [4.78, 5) is 28.6. The van der Waals surface area contributed by atoms with Crippen LogP contribution in [0.5, 0.6) is 5.75 Å². The van der Waals surface area contributed by atoms with E-state index < -0.39 is 16.6 Å². The van der Waals surface area contributed by atoms with Crippen LogP contribution in [-0.2, 0) is 0 Å². The van der Waals surface area contributed by atoms with Gasteiger partial charge < -0.3 is 5.11 Å². The lowest BCUT2D eigenvalue weighted by atomic mass is 9.92. The molecule has 0 saturated carbocycles. The Morgan fingerprint density at radius 1 is 1.20 bits per heavy atom. The van der Waals surface area contributed by atoms with Gasteiger partial charge in [0.15, 0.2) is 5.75 Å². The van der Waals surface area contributed by atoms with Gasteiger partial charge in [-0.15, -0.1) is 11.3 Å². The Labute approximate surface area is 119 Å². The molecule has 2 aromatic rings. The summed E-state index contributed by atoms with van der Waals surface area (Å²) < 4.78 is 0. The van der Waals surface area contributed by atoms with Crippen LogP contribution in [0, 0.1) is 0 Å². The highest BCUT2D eigenvalue weighted by atomic mass is 32.1. The van der Waals surface area contributed by atoms with Crippen molar-refractivity contribution in [3.8, 4) is 16.2 Å². The maximum absolute atomic E-state index is 11.5. The molecule has 0 amide bonds. The normalized spacial score (nSPS) is 17.4. The molecule has 0 radical (unpaired) electrons. The third-order valence-electron chi connectivity index (χ3n) is 3.38. The maximum atomic E-state index is 11.5. The van der Waals surface area contributed by atoms with Crippen LogP contribution in [0.25, 0.3) is 16.0 Å². The lowest BCUT2D eigenvalue weighted by Crippen LogP contribution is -2.31. The van der Waals surface area contributed by atoms with Gasteiger partial charge in [-0.2, -0.15) is 0 Å². The van der Waals surface area contributed by atoms with Crippen LogP contribution in [0.3, 0.4) is 0 Å². The van der Waals surface area contributed by atoms with E-state index in [4.69, 9.17) is 0 Å². The Bertz CT molecular complexity index is 817. The average molecular weight is 287 g/mol. The van der Waals surface area contributed by atoms with Gasteiger partial charge in [-0.3, -0.25) is 14.6 Å². The second kappa shape index (κ2) is 4.24. The van der Waals surface area contributed by atoms with Gasteiger partial charge in [0.25, 0.3) is 5.43 Å². The molecule has 3 rings (SSSR count). The average Bonchev–Trinajstić information content (AvgIpc) is 2.86. The zero-order valence-corrected chi connectivity index (χ0v) is 12.0. The quantitative estimate of drug-likeness (QED) is 0.862. The smallest absolute Gasteiger partial charge is 0.268 e. The van der Waals surface area contributed by atoms with Crippen molar-refractivity contribution in [3.63, 3.8) is 0 Å². The molecule has 102 valence electrons. The van der Waals surface area contributed by atoms with Crippen molar-refractivity contribution in [2.45, 2.75) is 25.8 Å². The predicted octanol–water partition coefficient (Wildman–Crippen LogP) is 2.35. The van der Waals surface area contributed by atoms with E-state index >= 15 is 0 Å². The molecular weight excluding hydrogens is 274 g/mol. The Kier molecular flexibility index (Phi) is 2.76. The molecule has 0 bridgehead atoms. The number of hydrogen-bond acceptors (Lipinski definition) is 5. The van der Waals surface area contributed by atoms with Crippen LogP contribution < -0.4 is 10.9 Å². The van der Waals surface area contributed by atoms with Crippen molar-refractivity contribution in [3.05, 3.63) is 43.5 Å². The SMILES string of the molecule is CC1(C)CC(c2ccc(-c3c(O)c(=O)c3=O)s2)=CC=N1. The van der Waals surface area contributed by atoms with Crippen molar-refractivity contribution >= 4 is 23.1 Å². The number of thiophene rings is 1. The summed E-state index contributed by atoms with van der Waals surface area (Å²) in [6.07, 6.45) is 4.58. The van der Waals surface area contributed by atoms with Gasteiger partial charge in [-0.1, -0.05) is 0 Å². The van der Waals surface area contributed by atoms with Crippen LogP contribution in [0.15, 0.2) is 32.8 Å². The van der Waals surface area contributed by atoms with E-state index in [1.54, 1.807) is 12.3 Å².